The molecular formula is C21H23N5O. The van der Waals surface area contributed by atoms with Crippen LogP contribution in [0.4, 0.5) is 5.82 Å². The Morgan fingerprint density at radius 1 is 1.07 bits per heavy atom. The molecule has 0 aliphatic carbocycles. The number of aromatic nitrogens is 4. The number of ether oxygens (including phenoxy) is 1. The number of nitrogens with zero attached hydrogens (tertiary/aromatic N) is 4. The van der Waals surface area contributed by atoms with Crippen LogP contribution in [0.1, 0.15) is 20.8 Å². The van der Waals surface area contributed by atoms with Crippen molar-refractivity contribution in [1.82, 2.24) is 19.7 Å². The predicted octanol–water partition coefficient (Wildman–Crippen LogP) is 4.28. The molecule has 27 heavy (non-hydrogen) atoms. The molecule has 2 heterocycles. The molecule has 0 radical (unpaired) electrons. The van der Waals surface area contributed by atoms with E-state index >= 15 is 0 Å². The zero-order valence-electron chi connectivity index (χ0n) is 15.8. The lowest BCUT2D eigenvalue weighted by atomic mass is 10.0. The largest absolute Gasteiger partial charge is 0.494 e. The molecule has 0 fully saturated rings. The molecule has 6 heteroatoms. The Morgan fingerprint density at radius 3 is 2.67 bits per heavy atom. The third-order valence-corrected chi connectivity index (χ3v) is 4.49. The van der Waals surface area contributed by atoms with Gasteiger partial charge in [0.05, 0.1) is 12.0 Å². The lowest BCUT2D eigenvalue weighted by molar-refractivity contribution is 0.341. The van der Waals surface area contributed by atoms with E-state index in [1.165, 1.54) is 6.33 Å². The van der Waals surface area contributed by atoms with Gasteiger partial charge in [-0.1, -0.05) is 32.0 Å². The van der Waals surface area contributed by atoms with E-state index in [0.29, 0.717) is 18.3 Å². The van der Waals surface area contributed by atoms with Gasteiger partial charge < -0.3 is 10.5 Å². The molecule has 0 unspecified atom stereocenters. The molecule has 2 N–H and O–H groups in total. The smallest absolute Gasteiger partial charge is 0.163 e. The minimum absolute atomic E-state index is 0.447. The maximum Gasteiger partial charge on any atom is 0.163 e. The first kappa shape index (κ1) is 17.3. The van der Waals surface area contributed by atoms with Crippen LogP contribution in [-0.4, -0.2) is 26.4 Å². The number of hydrogen-bond donors (Lipinski definition) is 1. The zero-order valence-corrected chi connectivity index (χ0v) is 15.8. The molecule has 0 amide bonds. The van der Waals surface area contributed by atoms with Crippen molar-refractivity contribution < 1.29 is 4.74 Å². The van der Waals surface area contributed by atoms with E-state index in [9.17, 15) is 0 Å². The molecule has 4 rings (SSSR count). The van der Waals surface area contributed by atoms with Crippen molar-refractivity contribution in [1.29, 1.82) is 0 Å². The van der Waals surface area contributed by atoms with E-state index < -0.39 is 0 Å². The third kappa shape index (κ3) is 3.18. The summed E-state index contributed by atoms with van der Waals surface area (Å²) < 4.78 is 7.56. The van der Waals surface area contributed by atoms with Gasteiger partial charge in [0.2, 0.25) is 0 Å². The highest BCUT2D eigenvalue weighted by molar-refractivity contribution is 6.00. The molecule has 0 spiro atoms. The number of nitrogens with two attached hydrogens (primary N) is 1. The van der Waals surface area contributed by atoms with Gasteiger partial charge in [-0.25, -0.2) is 14.6 Å². The fourth-order valence-corrected chi connectivity index (χ4v) is 3.33. The Balaban J connectivity index is 1.90. The highest BCUT2D eigenvalue weighted by atomic mass is 16.5. The van der Waals surface area contributed by atoms with Crippen molar-refractivity contribution in [3.8, 4) is 17.0 Å². The fourth-order valence-electron chi connectivity index (χ4n) is 3.33. The van der Waals surface area contributed by atoms with Gasteiger partial charge in [-0.05, 0) is 41.8 Å². The van der Waals surface area contributed by atoms with Crippen LogP contribution in [0.25, 0.3) is 33.1 Å². The van der Waals surface area contributed by atoms with Crippen LogP contribution in [0.15, 0.2) is 42.7 Å². The number of fused-ring (bicyclic) bond motifs is 2. The fraction of sp³-hybridized carbons (Fsp3) is 0.286. The lowest BCUT2D eigenvalue weighted by Crippen LogP contribution is -2.07. The lowest BCUT2D eigenvalue weighted by Gasteiger charge is -2.06. The van der Waals surface area contributed by atoms with E-state index in [2.05, 4.69) is 54.1 Å². The van der Waals surface area contributed by atoms with Gasteiger partial charge in [0.1, 0.15) is 23.6 Å². The third-order valence-electron chi connectivity index (χ3n) is 4.49. The molecule has 138 valence electrons. The molecule has 4 aromatic rings. The monoisotopic (exact) mass is 361 g/mol. The summed E-state index contributed by atoms with van der Waals surface area (Å²) in [6.45, 7) is 7.71. The van der Waals surface area contributed by atoms with Crippen LogP contribution in [0, 0.1) is 5.92 Å². The SMILES string of the molecule is CCOc1ccc2ccc(-c3nn(CC(C)C)c4ncnc(N)c34)cc2c1. The van der Waals surface area contributed by atoms with Gasteiger partial charge in [0, 0.05) is 12.1 Å². The number of anilines is 1. The molecule has 0 atom stereocenters. The van der Waals surface area contributed by atoms with Crippen molar-refractivity contribution in [3.63, 3.8) is 0 Å². The standard InChI is InChI=1S/C21H23N5O/c1-4-27-17-8-7-14-5-6-15(9-16(14)10-17)19-18-20(22)23-12-24-21(18)26(25-19)11-13(2)3/h5-10,12-13H,4,11H2,1-3H3,(H2,22,23,24). The Bertz CT molecular complexity index is 1120. The molecule has 0 bridgehead atoms. The number of rotatable bonds is 5. The van der Waals surface area contributed by atoms with Gasteiger partial charge in [-0.2, -0.15) is 5.10 Å². The molecular weight excluding hydrogens is 338 g/mol. The molecule has 0 aliphatic heterocycles. The first-order chi connectivity index (χ1) is 13.1. The minimum Gasteiger partial charge on any atom is -0.494 e. The quantitative estimate of drug-likeness (QED) is 0.574. The van der Waals surface area contributed by atoms with Crippen LogP contribution >= 0.6 is 0 Å². The zero-order chi connectivity index (χ0) is 19.0. The maximum atomic E-state index is 6.19. The van der Waals surface area contributed by atoms with Crippen LogP contribution < -0.4 is 10.5 Å². The molecule has 0 aliphatic rings. The summed E-state index contributed by atoms with van der Waals surface area (Å²) in [6, 6.07) is 12.4. The summed E-state index contributed by atoms with van der Waals surface area (Å²) in [6.07, 6.45) is 1.49. The van der Waals surface area contributed by atoms with Crippen LogP contribution in [-0.2, 0) is 6.54 Å². The van der Waals surface area contributed by atoms with Gasteiger partial charge >= 0.3 is 0 Å². The first-order valence-electron chi connectivity index (χ1n) is 9.20. The van der Waals surface area contributed by atoms with Gasteiger partial charge in [-0.15, -0.1) is 0 Å². The van der Waals surface area contributed by atoms with Crippen molar-refractivity contribution in [2.75, 3.05) is 12.3 Å². The highest BCUT2D eigenvalue weighted by Crippen LogP contribution is 2.33. The number of benzene rings is 2. The van der Waals surface area contributed by atoms with E-state index in [-0.39, 0.29) is 0 Å². The second kappa shape index (κ2) is 6.87. The van der Waals surface area contributed by atoms with Gasteiger partial charge in [0.15, 0.2) is 5.65 Å². The molecule has 0 saturated heterocycles. The first-order valence-corrected chi connectivity index (χ1v) is 9.20. The van der Waals surface area contributed by atoms with Gasteiger partial charge in [-0.3, -0.25) is 0 Å². The normalized spacial score (nSPS) is 11.6. The Kier molecular flexibility index (Phi) is 4.39. The topological polar surface area (TPSA) is 78.8 Å². The Hall–Kier alpha value is -3.15. The van der Waals surface area contributed by atoms with Crippen LogP contribution in [0.5, 0.6) is 5.75 Å². The average molecular weight is 361 g/mol. The van der Waals surface area contributed by atoms with E-state index in [4.69, 9.17) is 15.6 Å². The van der Waals surface area contributed by atoms with E-state index in [0.717, 1.165) is 45.4 Å². The summed E-state index contributed by atoms with van der Waals surface area (Å²) >= 11 is 0. The second-order valence-electron chi connectivity index (χ2n) is 7.04. The summed E-state index contributed by atoms with van der Waals surface area (Å²) in [5.41, 5.74) is 8.77. The average Bonchev–Trinajstić information content (AvgIpc) is 3.01. The Labute approximate surface area is 158 Å². The van der Waals surface area contributed by atoms with Crippen molar-refractivity contribution in [3.05, 3.63) is 42.7 Å². The van der Waals surface area contributed by atoms with E-state index in [1.54, 1.807) is 0 Å². The summed E-state index contributed by atoms with van der Waals surface area (Å²) in [5, 5.41) is 7.88. The van der Waals surface area contributed by atoms with Crippen LogP contribution in [0.3, 0.4) is 0 Å². The minimum atomic E-state index is 0.447. The molecule has 2 aromatic heterocycles. The Morgan fingerprint density at radius 2 is 1.89 bits per heavy atom. The van der Waals surface area contributed by atoms with Gasteiger partial charge in [0.25, 0.3) is 0 Å². The van der Waals surface area contributed by atoms with E-state index in [1.807, 2.05) is 17.7 Å². The van der Waals surface area contributed by atoms with Crippen molar-refractivity contribution in [2.24, 2.45) is 5.92 Å². The molecule has 6 nitrogen and oxygen atoms in total. The summed E-state index contributed by atoms with van der Waals surface area (Å²) in [7, 11) is 0. The maximum absolute atomic E-state index is 6.19. The molecule has 2 aromatic carbocycles. The number of hydrogen-bond acceptors (Lipinski definition) is 5. The summed E-state index contributed by atoms with van der Waals surface area (Å²) in [4.78, 5) is 8.61. The highest BCUT2D eigenvalue weighted by Gasteiger charge is 2.17. The second-order valence-corrected chi connectivity index (χ2v) is 7.04. The van der Waals surface area contributed by atoms with Crippen LogP contribution in [0.2, 0.25) is 0 Å². The number of nitrogen functional groups attached to an aromatic ring is 1. The van der Waals surface area contributed by atoms with Crippen molar-refractivity contribution in [2.45, 2.75) is 27.3 Å². The predicted molar refractivity (Wildman–Crippen MR) is 109 cm³/mol. The molecule has 0 saturated carbocycles. The van der Waals surface area contributed by atoms with Crippen molar-refractivity contribution >= 4 is 27.6 Å². The summed E-state index contributed by atoms with van der Waals surface area (Å²) in [5.74, 6) is 1.76.